The molecule has 0 amide bonds. The minimum Gasteiger partial charge on any atom is -0.484 e. The Morgan fingerprint density at radius 3 is 2.73 bits per heavy atom. The molecule has 3 aliphatic rings. The highest BCUT2D eigenvalue weighted by Gasteiger charge is 2.44. The summed E-state index contributed by atoms with van der Waals surface area (Å²) >= 11 is 0. The van der Waals surface area contributed by atoms with Crippen LogP contribution in [0.4, 0.5) is 5.82 Å². The second-order valence-corrected chi connectivity index (χ2v) is 7.26. The van der Waals surface area contributed by atoms with Gasteiger partial charge in [0.25, 0.3) is 0 Å². The van der Waals surface area contributed by atoms with Gasteiger partial charge >= 0.3 is 0 Å². The minimum absolute atomic E-state index is 0.0480. The van der Waals surface area contributed by atoms with Crippen molar-refractivity contribution >= 4 is 5.82 Å². The van der Waals surface area contributed by atoms with E-state index in [0.717, 1.165) is 44.0 Å². The molecule has 1 aromatic heterocycles. The molecule has 4 atom stereocenters. The number of fused-ring (bicyclic) bond motifs is 1. The molecule has 5 heteroatoms. The Labute approximate surface area is 132 Å². The van der Waals surface area contributed by atoms with Crippen LogP contribution in [-0.2, 0) is 11.2 Å². The fourth-order valence-corrected chi connectivity index (χ4v) is 4.13. The summed E-state index contributed by atoms with van der Waals surface area (Å²) < 4.78 is 12.1. The highest BCUT2D eigenvalue weighted by Crippen LogP contribution is 2.40. The minimum atomic E-state index is -0.0480. The molecule has 22 heavy (non-hydrogen) atoms. The van der Waals surface area contributed by atoms with Crippen molar-refractivity contribution in [3.63, 3.8) is 0 Å². The summed E-state index contributed by atoms with van der Waals surface area (Å²) in [5, 5.41) is 3.50. The van der Waals surface area contributed by atoms with Gasteiger partial charge < -0.3 is 19.7 Å². The van der Waals surface area contributed by atoms with Gasteiger partial charge in [-0.05, 0) is 26.8 Å². The smallest absolute Gasteiger partial charge is 0.142 e. The number of nitrogens with one attached hydrogen (secondary N) is 1. The summed E-state index contributed by atoms with van der Waals surface area (Å²) in [5.41, 5.74) is 1.25. The third-order valence-electron chi connectivity index (χ3n) is 4.97. The third-order valence-corrected chi connectivity index (χ3v) is 4.97. The van der Waals surface area contributed by atoms with E-state index in [1.807, 2.05) is 6.20 Å². The van der Waals surface area contributed by atoms with E-state index in [-0.39, 0.29) is 17.8 Å². The summed E-state index contributed by atoms with van der Waals surface area (Å²) in [4.78, 5) is 6.97. The topological polar surface area (TPSA) is 46.6 Å². The first-order valence-electron chi connectivity index (χ1n) is 8.35. The lowest BCUT2D eigenvalue weighted by atomic mass is 9.95. The molecule has 2 fully saturated rings. The van der Waals surface area contributed by atoms with E-state index >= 15 is 0 Å². The Morgan fingerprint density at radius 2 is 2.05 bits per heavy atom. The normalized spacial score (nSPS) is 37.4. The zero-order valence-corrected chi connectivity index (χ0v) is 13.6. The van der Waals surface area contributed by atoms with Gasteiger partial charge in [0, 0.05) is 44.1 Å². The van der Waals surface area contributed by atoms with Crippen LogP contribution >= 0.6 is 0 Å². The van der Waals surface area contributed by atoms with E-state index < -0.39 is 0 Å². The molecule has 120 valence electrons. The predicted molar refractivity (Wildman–Crippen MR) is 85.6 cm³/mol. The van der Waals surface area contributed by atoms with Gasteiger partial charge in [-0.25, -0.2) is 4.98 Å². The van der Waals surface area contributed by atoms with E-state index in [0.29, 0.717) is 6.04 Å². The Hall–Kier alpha value is -1.33. The van der Waals surface area contributed by atoms with E-state index in [1.165, 1.54) is 5.56 Å². The quantitative estimate of drug-likeness (QED) is 0.856. The molecule has 5 nitrogen and oxygen atoms in total. The number of ether oxygens (including phenoxy) is 2. The van der Waals surface area contributed by atoms with Gasteiger partial charge in [-0.1, -0.05) is 0 Å². The maximum absolute atomic E-state index is 6.24. The van der Waals surface area contributed by atoms with Crippen LogP contribution in [0.5, 0.6) is 5.75 Å². The molecule has 0 bridgehead atoms. The largest absolute Gasteiger partial charge is 0.484 e. The van der Waals surface area contributed by atoms with Crippen LogP contribution in [0.1, 0.15) is 32.8 Å². The van der Waals surface area contributed by atoms with Gasteiger partial charge in [-0.2, -0.15) is 0 Å². The number of hydrogen-bond donors (Lipinski definition) is 1. The molecule has 4 rings (SSSR count). The van der Waals surface area contributed by atoms with Crippen molar-refractivity contribution in [2.45, 2.75) is 57.5 Å². The predicted octanol–water partition coefficient (Wildman–Crippen LogP) is 1.75. The molecule has 0 aliphatic carbocycles. The van der Waals surface area contributed by atoms with Crippen molar-refractivity contribution in [2.75, 3.05) is 24.5 Å². The van der Waals surface area contributed by atoms with Crippen LogP contribution in [0.3, 0.4) is 0 Å². The number of aromatic nitrogens is 1. The molecule has 1 N–H and O–H groups in total. The van der Waals surface area contributed by atoms with Crippen LogP contribution in [0.2, 0.25) is 0 Å². The summed E-state index contributed by atoms with van der Waals surface area (Å²) in [6, 6.07) is 2.75. The van der Waals surface area contributed by atoms with Crippen molar-refractivity contribution in [2.24, 2.45) is 0 Å². The number of morpholine rings is 1. The SMILES string of the molecule is C[C@H]1C[C@@]2(CN1)Cc1cc(N3C[C@H](C)O[C@@H](C)C3)ncc1O2. The van der Waals surface area contributed by atoms with Gasteiger partial charge in [0.15, 0.2) is 0 Å². The lowest BCUT2D eigenvalue weighted by molar-refractivity contribution is -0.00546. The molecule has 0 saturated carbocycles. The maximum atomic E-state index is 6.24. The molecule has 2 saturated heterocycles. The Balaban J connectivity index is 1.55. The fourth-order valence-electron chi connectivity index (χ4n) is 4.13. The van der Waals surface area contributed by atoms with Crippen molar-refractivity contribution in [1.82, 2.24) is 10.3 Å². The fraction of sp³-hybridized carbons (Fsp3) is 0.706. The van der Waals surface area contributed by atoms with Crippen LogP contribution in [0.15, 0.2) is 12.3 Å². The first-order chi connectivity index (χ1) is 10.5. The van der Waals surface area contributed by atoms with Crippen LogP contribution in [-0.4, -0.2) is 48.5 Å². The van der Waals surface area contributed by atoms with Crippen LogP contribution < -0.4 is 15.0 Å². The molecular weight excluding hydrogens is 278 g/mol. The van der Waals surface area contributed by atoms with Crippen molar-refractivity contribution in [3.8, 4) is 5.75 Å². The van der Waals surface area contributed by atoms with Crippen molar-refractivity contribution in [3.05, 3.63) is 17.8 Å². The Kier molecular flexibility index (Phi) is 3.31. The van der Waals surface area contributed by atoms with Gasteiger partial charge in [0.05, 0.1) is 18.4 Å². The molecule has 3 aliphatic heterocycles. The molecular formula is C17H25N3O2. The molecule has 0 aromatic carbocycles. The van der Waals surface area contributed by atoms with Crippen molar-refractivity contribution < 1.29 is 9.47 Å². The van der Waals surface area contributed by atoms with E-state index in [1.54, 1.807) is 0 Å². The van der Waals surface area contributed by atoms with Crippen LogP contribution in [0, 0.1) is 0 Å². The molecule has 1 spiro atoms. The Bertz CT molecular complexity index is 569. The van der Waals surface area contributed by atoms with E-state index in [4.69, 9.17) is 9.47 Å². The average molecular weight is 303 g/mol. The third kappa shape index (κ3) is 2.46. The number of nitrogens with zero attached hydrogens (tertiary/aromatic N) is 2. The number of rotatable bonds is 1. The van der Waals surface area contributed by atoms with E-state index in [9.17, 15) is 0 Å². The van der Waals surface area contributed by atoms with Gasteiger partial charge in [-0.3, -0.25) is 0 Å². The lowest BCUT2D eigenvalue weighted by Gasteiger charge is -2.36. The van der Waals surface area contributed by atoms with Crippen molar-refractivity contribution in [1.29, 1.82) is 0 Å². The summed E-state index contributed by atoms with van der Waals surface area (Å²) in [5.74, 6) is 2.02. The first kappa shape index (κ1) is 14.3. The number of hydrogen-bond acceptors (Lipinski definition) is 5. The highest BCUT2D eigenvalue weighted by molar-refractivity contribution is 5.49. The van der Waals surface area contributed by atoms with Gasteiger partial charge in [0.2, 0.25) is 0 Å². The second-order valence-electron chi connectivity index (χ2n) is 7.26. The molecule has 4 heterocycles. The summed E-state index contributed by atoms with van der Waals surface area (Å²) in [6.07, 6.45) is 4.48. The molecule has 0 radical (unpaired) electrons. The monoisotopic (exact) mass is 303 g/mol. The first-order valence-corrected chi connectivity index (χ1v) is 8.35. The average Bonchev–Trinajstić information content (AvgIpc) is 2.99. The number of pyridine rings is 1. The van der Waals surface area contributed by atoms with E-state index in [2.05, 4.69) is 42.0 Å². The zero-order chi connectivity index (χ0) is 15.3. The zero-order valence-electron chi connectivity index (χ0n) is 13.6. The van der Waals surface area contributed by atoms with Gasteiger partial charge in [0.1, 0.15) is 17.2 Å². The molecule has 0 unspecified atom stereocenters. The van der Waals surface area contributed by atoms with Crippen LogP contribution in [0.25, 0.3) is 0 Å². The Morgan fingerprint density at radius 1 is 1.27 bits per heavy atom. The summed E-state index contributed by atoms with van der Waals surface area (Å²) in [7, 11) is 0. The standard InChI is InChI=1S/C17H25N3O2/c1-11-5-17(10-19-11)6-14-4-16(18-7-15(14)22-17)20-8-12(2)21-13(3)9-20/h4,7,11-13,19H,5-6,8-10H2,1-3H3/t11-,12-,13-,17-/m0/s1. The summed E-state index contributed by atoms with van der Waals surface area (Å²) in [6.45, 7) is 9.21. The second kappa shape index (κ2) is 5.10. The lowest BCUT2D eigenvalue weighted by Crippen LogP contribution is -2.45. The maximum Gasteiger partial charge on any atom is 0.142 e. The van der Waals surface area contributed by atoms with Gasteiger partial charge in [-0.15, -0.1) is 0 Å². The number of anilines is 1. The molecule has 1 aromatic rings. The highest BCUT2D eigenvalue weighted by atomic mass is 16.5.